The number of rotatable bonds is 4. The van der Waals surface area contributed by atoms with Gasteiger partial charge in [-0.3, -0.25) is 9.69 Å². The molecule has 2 rings (SSSR count). The first-order valence-electron chi connectivity index (χ1n) is 6.82. The first-order chi connectivity index (χ1) is 8.08. The van der Waals surface area contributed by atoms with Crippen LogP contribution in [0.4, 0.5) is 0 Å². The summed E-state index contributed by atoms with van der Waals surface area (Å²) < 4.78 is 0. The molecule has 1 saturated carbocycles. The molecule has 1 aliphatic carbocycles. The van der Waals surface area contributed by atoms with Crippen LogP contribution in [-0.4, -0.2) is 40.6 Å². The highest BCUT2D eigenvalue weighted by Gasteiger charge is 2.35. The van der Waals surface area contributed by atoms with Crippen molar-refractivity contribution in [3.63, 3.8) is 0 Å². The average molecular weight is 240 g/mol. The largest absolute Gasteiger partial charge is 0.480 e. The van der Waals surface area contributed by atoms with Gasteiger partial charge in [0.25, 0.3) is 0 Å². The Bertz CT molecular complexity index is 283. The van der Waals surface area contributed by atoms with Gasteiger partial charge in [0.15, 0.2) is 0 Å². The summed E-state index contributed by atoms with van der Waals surface area (Å²) in [6, 6.07) is 0.509. The maximum absolute atomic E-state index is 11.1. The predicted octanol–water partition coefficient (Wildman–Crippen LogP) is 1.44. The number of nitrogens with zero attached hydrogens (tertiary/aromatic N) is 1. The van der Waals surface area contributed by atoms with Crippen molar-refractivity contribution in [1.82, 2.24) is 4.90 Å². The quantitative estimate of drug-likeness (QED) is 0.780. The van der Waals surface area contributed by atoms with Crippen molar-refractivity contribution in [2.45, 2.75) is 63.6 Å². The molecule has 4 atom stereocenters. The lowest BCUT2D eigenvalue weighted by Crippen LogP contribution is -2.42. The molecule has 0 aromatic heterocycles. The molecule has 4 unspecified atom stereocenters. The summed E-state index contributed by atoms with van der Waals surface area (Å²) in [5.74, 6) is 0.0486. The van der Waals surface area contributed by atoms with E-state index in [2.05, 4.69) is 11.8 Å². The van der Waals surface area contributed by atoms with E-state index in [0.29, 0.717) is 18.0 Å². The Labute approximate surface area is 103 Å². The third-order valence-electron chi connectivity index (χ3n) is 4.40. The minimum Gasteiger partial charge on any atom is -0.480 e. The lowest BCUT2D eigenvalue weighted by molar-refractivity contribution is -0.143. The third kappa shape index (κ3) is 2.99. The van der Waals surface area contributed by atoms with Crippen LogP contribution in [0, 0.1) is 5.92 Å². The van der Waals surface area contributed by atoms with E-state index in [9.17, 15) is 9.90 Å². The van der Waals surface area contributed by atoms with Gasteiger partial charge in [-0.1, -0.05) is 0 Å². The van der Waals surface area contributed by atoms with E-state index in [1.807, 2.05) is 0 Å². The Kier molecular flexibility index (Phi) is 4.05. The fraction of sp³-hybridized carbons (Fsp3) is 0.923. The molecule has 3 N–H and O–H groups in total. The highest BCUT2D eigenvalue weighted by molar-refractivity contribution is 5.73. The first-order valence-corrected chi connectivity index (χ1v) is 6.82. The van der Waals surface area contributed by atoms with Gasteiger partial charge in [0.1, 0.15) is 6.04 Å². The van der Waals surface area contributed by atoms with E-state index in [1.165, 1.54) is 6.42 Å². The second kappa shape index (κ2) is 5.36. The second-order valence-electron chi connectivity index (χ2n) is 5.76. The van der Waals surface area contributed by atoms with E-state index >= 15 is 0 Å². The number of carboxylic acids is 1. The minimum absolute atomic E-state index is 0.250. The molecule has 1 aliphatic heterocycles. The summed E-state index contributed by atoms with van der Waals surface area (Å²) in [5, 5.41) is 9.17. The van der Waals surface area contributed by atoms with Crippen LogP contribution < -0.4 is 5.73 Å². The number of carbonyl (C=O) groups is 1. The lowest BCUT2D eigenvalue weighted by Gasteiger charge is -2.30. The van der Waals surface area contributed by atoms with Gasteiger partial charge in [-0.05, 0) is 57.9 Å². The molecule has 0 aromatic rings. The van der Waals surface area contributed by atoms with Crippen molar-refractivity contribution in [2.24, 2.45) is 11.7 Å². The maximum atomic E-state index is 11.1. The zero-order valence-electron chi connectivity index (χ0n) is 10.6. The van der Waals surface area contributed by atoms with Crippen LogP contribution >= 0.6 is 0 Å². The zero-order chi connectivity index (χ0) is 12.4. The zero-order valence-corrected chi connectivity index (χ0v) is 10.6. The summed E-state index contributed by atoms with van der Waals surface area (Å²) in [5.41, 5.74) is 5.92. The van der Waals surface area contributed by atoms with Crippen molar-refractivity contribution < 1.29 is 9.90 Å². The molecule has 4 nitrogen and oxygen atoms in total. The lowest BCUT2D eigenvalue weighted by atomic mass is 9.97. The topological polar surface area (TPSA) is 66.6 Å². The van der Waals surface area contributed by atoms with E-state index < -0.39 is 5.97 Å². The van der Waals surface area contributed by atoms with Crippen molar-refractivity contribution in [3.05, 3.63) is 0 Å². The number of hydrogen-bond acceptors (Lipinski definition) is 3. The monoisotopic (exact) mass is 240 g/mol. The maximum Gasteiger partial charge on any atom is 0.320 e. The number of nitrogens with two attached hydrogens (primary N) is 1. The van der Waals surface area contributed by atoms with Gasteiger partial charge in [-0.25, -0.2) is 0 Å². The number of likely N-dealkylation sites (tertiary alicyclic amines) is 1. The standard InChI is InChI=1S/C13H24N2O2/c1-9(7-10-4-5-11(14)8-10)15-6-2-3-12(15)13(16)17/h9-12H,2-8,14H2,1H3,(H,16,17). The molecule has 0 spiro atoms. The van der Waals surface area contributed by atoms with Gasteiger partial charge in [-0.15, -0.1) is 0 Å². The number of hydrogen-bond donors (Lipinski definition) is 2. The van der Waals surface area contributed by atoms with E-state index in [4.69, 9.17) is 5.73 Å². The number of carboxylic acid groups (broad SMARTS) is 1. The molecule has 0 aromatic carbocycles. The Morgan fingerprint density at radius 1 is 1.47 bits per heavy atom. The van der Waals surface area contributed by atoms with Crippen molar-refractivity contribution in [1.29, 1.82) is 0 Å². The predicted molar refractivity (Wildman–Crippen MR) is 66.8 cm³/mol. The summed E-state index contributed by atoms with van der Waals surface area (Å²) in [6.07, 6.45) is 6.42. The van der Waals surface area contributed by atoms with Crippen LogP contribution in [0.5, 0.6) is 0 Å². The molecule has 17 heavy (non-hydrogen) atoms. The van der Waals surface area contributed by atoms with Gasteiger partial charge >= 0.3 is 5.97 Å². The molecule has 0 bridgehead atoms. The summed E-state index contributed by atoms with van der Waals surface area (Å²) in [6.45, 7) is 3.11. The van der Waals surface area contributed by atoms with E-state index in [1.54, 1.807) is 0 Å². The molecule has 4 heteroatoms. The highest BCUT2D eigenvalue weighted by Crippen LogP contribution is 2.31. The fourth-order valence-electron chi connectivity index (χ4n) is 3.53. The molecule has 0 amide bonds. The minimum atomic E-state index is -0.655. The average Bonchev–Trinajstić information content (AvgIpc) is 2.86. The van der Waals surface area contributed by atoms with Crippen LogP contribution in [0.15, 0.2) is 0 Å². The van der Waals surface area contributed by atoms with Crippen molar-refractivity contribution in [3.8, 4) is 0 Å². The van der Waals surface area contributed by atoms with Crippen LogP contribution in [0.3, 0.4) is 0 Å². The molecule has 2 fully saturated rings. The normalized spacial score (nSPS) is 36.2. The first kappa shape index (κ1) is 12.8. The van der Waals surface area contributed by atoms with E-state index in [-0.39, 0.29) is 6.04 Å². The second-order valence-corrected chi connectivity index (χ2v) is 5.76. The van der Waals surface area contributed by atoms with Crippen LogP contribution in [0.2, 0.25) is 0 Å². The van der Waals surface area contributed by atoms with Crippen LogP contribution in [0.25, 0.3) is 0 Å². The molecule has 98 valence electrons. The molecular weight excluding hydrogens is 216 g/mol. The molecular formula is C13H24N2O2. The molecule has 1 heterocycles. The van der Waals surface area contributed by atoms with Gasteiger partial charge < -0.3 is 10.8 Å². The Hall–Kier alpha value is -0.610. The van der Waals surface area contributed by atoms with Crippen molar-refractivity contribution >= 4 is 5.97 Å². The van der Waals surface area contributed by atoms with E-state index in [0.717, 1.165) is 38.6 Å². The van der Waals surface area contributed by atoms with Crippen molar-refractivity contribution in [2.75, 3.05) is 6.54 Å². The summed E-state index contributed by atoms with van der Waals surface area (Å²) >= 11 is 0. The SMILES string of the molecule is CC(CC1CCC(N)C1)N1CCCC1C(=O)O. The molecule has 1 saturated heterocycles. The Morgan fingerprint density at radius 2 is 2.24 bits per heavy atom. The van der Waals surface area contributed by atoms with Crippen LogP contribution in [-0.2, 0) is 4.79 Å². The van der Waals surface area contributed by atoms with Gasteiger partial charge in [-0.2, -0.15) is 0 Å². The molecule has 2 aliphatic rings. The highest BCUT2D eigenvalue weighted by atomic mass is 16.4. The smallest absolute Gasteiger partial charge is 0.320 e. The summed E-state index contributed by atoms with van der Waals surface area (Å²) in [4.78, 5) is 13.3. The Morgan fingerprint density at radius 3 is 2.82 bits per heavy atom. The fourth-order valence-corrected chi connectivity index (χ4v) is 3.53. The van der Waals surface area contributed by atoms with Gasteiger partial charge in [0.05, 0.1) is 0 Å². The van der Waals surface area contributed by atoms with Gasteiger partial charge in [0, 0.05) is 12.1 Å². The summed E-state index contributed by atoms with van der Waals surface area (Å²) in [7, 11) is 0. The third-order valence-corrected chi connectivity index (χ3v) is 4.40. The molecule has 0 radical (unpaired) electrons. The van der Waals surface area contributed by atoms with Gasteiger partial charge in [0.2, 0.25) is 0 Å². The van der Waals surface area contributed by atoms with Crippen LogP contribution in [0.1, 0.15) is 45.4 Å². The Balaban J connectivity index is 1.86. The number of aliphatic carboxylic acids is 1.